The van der Waals surface area contributed by atoms with E-state index >= 15 is 0 Å². The molecule has 1 unspecified atom stereocenters. The van der Waals surface area contributed by atoms with Crippen LogP contribution in [0.2, 0.25) is 0 Å². The third-order valence-electron chi connectivity index (χ3n) is 4.87. The van der Waals surface area contributed by atoms with Crippen LogP contribution in [0, 0.1) is 5.92 Å². The lowest BCUT2D eigenvalue weighted by molar-refractivity contribution is 0.348. The van der Waals surface area contributed by atoms with Gasteiger partial charge in [0.2, 0.25) is 0 Å². The molecule has 1 nitrogen and oxygen atoms in total. The number of fused-ring (bicyclic) bond motifs is 1. The molecular formula is C17H25N. The summed E-state index contributed by atoms with van der Waals surface area (Å²) in [5, 5.41) is 3.60. The van der Waals surface area contributed by atoms with E-state index < -0.39 is 0 Å². The molecule has 1 atom stereocenters. The minimum absolute atomic E-state index is 0.638. The van der Waals surface area contributed by atoms with Gasteiger partial charge in [0.25, 0.3) is 0 Å². The predicted octanol–water partition coefficient (Wildman–Crippen LogP) is 4.73. The lowest BCUT2D eigenvalue weighted by Crippen LogP contribution is -2.22. The van der Waals surface area contributed by atoms with Gasteiger partial charge in [-0.2, -0.15) is 0 Å². The van der Waals surface area contributed by atoms with Gasteiger partial charge in [-0.25, -0.2) is 0 Å². The average Bonchev–Trinajstić information content (AvgIpc) is 2.39. The topological polar surface area (TPSA) is 12.0 Å². The Morgan fingerprint density at radius 3 is 2.56 bits per heavy atom. The summed E-state index contributed by atoms with van der Waals surface area (Å²) in [5.74, 6) is 1.77. The monoisotopic (exact) mass is 243 g/mol. The number of anilines is 1. The number of hydrogen-bond donors (Lipinski definition) is 1. The van der Waals surface area contributed by atoms with Gasteiger partial charge in [0, 0.05) is 11.7 Å². The molecule has 2 aliphatic rings. The van der Waals surface area contributed by atoms with Crippen molar-refractivity contribution >= 4 is 5.69 Å². The summed E-state index contributed by atoms with van der Waals surface area (Å²) in [6.45, 7) is 4.67. The highest BCUT2D eigenvalue weighted by molar-refractivity contribution is 5.55. The number of nitrogens with one attached hydrogen (secondary N) is 1. The lowest BCUT2D eigenvalue weighted by atomic mass is 9.79. The normalized spacial score (nSPS) is 31.6. The quantitative estimate of drug-likeness (QED) is 0.752. The molecule has 0 aromatic heterocycles. The second-order valence-corrected chi connectivity index (χ2v) is 6.46. The van der Waals surface area contributed by atoms with Crippen LogP contribution >= 0.6 is 0 Å². The Bertz CT molecular complexity index is 416. The number of benzene rings is 1. The van der Waals surface area contributed by atoms with Crippen molar-refractivity contribution in [3.63, 3.8) is 0 Å². The Kier molecular flexibility index (Phi) is 3.32. The molecule has 0 radical (unpaired) electrons. The fraction of sp³-hybridized carbons (Fsp3) is 0.647. The van der Waals surface area contributed by atoms with Crippen LogP contribution in [-0.2, 0) is 6.42 Å². The molecule has 1 saturated carbocycles. The van der Waals surface area contributed by atoms with Crippen LogP contribution in [0.1, 0.15) is 63.0 Å². The molecule has 98 valence electrons. The minimum Gasteiger partial charge on any atom is -0.382 e. The largest absolute Gasteiger partial charge is 0.382 e. The molecule has 3 rings (SSSR count). The van der Waals surface area contributed by atoms with Crippen molar-refractivity contribution in [3.8, 4) is 0 Å². The SMILES string of the molecule is CC1CCC(c2ccc3c(c2)CCC(C)N3)CC1. The van der Waals surface area contributed by atoms with E-state index in [4.69, 9.17) is 0 Å². The van der Waals surface area contributed by atoms with Gasteiger partial charge in [0.05, 0.1) is 0 Å². The van der Waals surface area contributed by atoms with E-state index in [0.29, 0.717) is 6.04 Å². The Hall–Kier alpha value is -0.980. The molecule has 1 N–H and O–H groups in total. The number of aryl methyl sites for hydroxylation is 1. The molecule has 1 aliphatic heterocycles. The number of rotatable bonds is 1. The van der Waals surface area contributed by atoms with Gasteiger partial charge >= 0.3 is 0 Å². The van der Waals surface area contributed by atoms with Crippen LogP contribution in [0.25, 0.3) is 0 Å². The Morgan fingerprint density at radius 1 is 1.00 bits per heavy atom. The lowest BCUT2D eigenvalue weighted by Gasteiger charge is -2.29. The highest BCUT2D eigenvalue weighted by atomic mass is 14.9. The third-order valence-corrected chi connectivity index (χ3v) is 4.87. The molecule has 1 aliphatic carbocycles. The summed E-state index contributed by atoms with van der Waals surface area (Å²) >= 11 is 0. The predicted molar refractivity (Wildman–Crippen MR) is 78.2 cm³/mol. The van der Waals surface area contributed by atoms with Gasteiger partial charge in [-0.05, 0) is 61.6 Å². The van der Waals surface area contributed by atoms with E-state index in [1.54, 1.807) is 11.1 Å². The molecule has 1 aromatic rings. The first-order valence-electron chi connectivity index (χ1n) is 7.61. The third kappa shape index (κ3) is 2.41. The Balaban J connectivity index is 1.78. The Morgan fingerprint density at radius 2 is 1.78 bits per heavy atom. The molecule has 1 fully saturated rings. The average molecular weight is 243 g/mol. The van der Waals surface area contributed by atoms with Gasteiger partial charge in [0.15, 0.2) is 0 Å². The molecule has 0 amide bonds. The van der Waals surface area contributed by atoms with Gasteiger partial charge in [0.1, 0.15) is 0 Å². The van der Waals surface area contributed by atoms with E-state index in [9.17, 15) is 0 Å². The Labute approximate surface area is 111 Å². The van der Waals surface area contributed by atoms with Crippen molar-refractivity contribution in [2.75, 3.05) is 5.32 Å². The van der Waals surface area contributed by atoms with Crippen LogP contribution < -0.4 is 5.32 Å². The smallest absolute Gasteiger partial charge is 0.0374 e. The maximum atomic E-state index is 3.60. The van der Waals surface area contributed by atoms with Gasteiger partial charge in [-0.1, -0.05) is 31.9 Å². The van der Waals surface area contributed by atoms with Crippen LogP contribution in [0.15, 0.2) is 18.2 Å². The highest BCUT2D eigenvalue weighted by Crippen LogP contribution is 2.37. The summed E-state index contributed by atoms with van der Waals surface area (Å²) in [5.41, 5.74) is 4.52. The molecular weight excluding hydrogens is 218 g/mol. The van der Waals surface area contributed by atoms with Crippen LogP contribution in [0.3, 0.4) is 0 Å². The maximum absolute atomic E-state index is 3.60. The maximum Gasteiger partial charge on any atom is 0.0374 e. The summed E-state index contributed by atoms with van der Waals surface area (Å²) in [6, 6.07) is 7.80. The molecule has 0 saturated heterocycles. The second kappa shape index (κ2) is 4.95. The first-order chi connectivity index (χ1) is 8.72. The first-order valence-corrected chi connectivity index (χ1v) is 7.61. The van der Waals surface area contributed by atoms with Crippen LogP contribution in [-0.4, -0.2) is 6.04 Å². The zero-order valence-electron chi connectivity index (χ0n) is 11.7. The van der Waals surface area contributed by atoms with Crippen molar-refractivity contribution in [1.29, 1.82) is 0 Å². The van der Waals surface area contributed by atoms with Crippen LogP contribution in [0.4, 0.5) is 5.69 Å². The summed E-state index contributed by atoms with van der Waals surface area (Å²) in [7, 11) is 0. The molecule has 0 spiro atoms. The van der Waals surface area contributed by atoms with E-state index in [-0.39, 0.29) is 0 Å². The zero-order valence-corrected chi connectivity index (χ0v) is 11.7. The van der Waals surface area contributed by atoms with Gasteiger partial charge in [-0.3, -0.25) is 0 Å². The van der Waals surface area contributed by atoms with Crippen molar-refractivity contribution in [1.82, 2.24) is 0 Å². The van der Waals surface area contributed by atoms with E-state index in [1.165, 1.54) is 44.2 Å². The molecule has 1 heteroatoms. The van der Waals surface area contributed by atoms with E-state index in [0.717, 1.165) is 11.8 Å². The van der Waals surface area contributed by atoms with Crippen molar-refractivity contribution in [3.05, 3.63) is 29.3 Å². The summed E-state index contributed by atoms with van der Waals surface area (Å²) in [4.78, 5) is 0. The van der Waals surface area contributed by atoms with Gasteiger partial charge in [-0.15, -0.1) is 0 Å². The molecule has 18 heavy (non-hydrogen) atoms. The minimum atomic E-state index is 0.638. The summed E-state index contributed by atoms with van der Waals surface area (Å²) in [6.07, 6.45) is 8.14. The van der Waals surface area contributed by atoms with E-state index in [1.807, 2.05) is 0 Å². The summed E-state index contributed by atoms with van der Waals surface area (Å²) < 4.78 is 0. The number of hydrogen-bond acceptors (Lipinski definition) is 1. The molecule has 1 heterocycles. The molecule has 1 aromatic carbocycles. The standard InChI is InChI=1S/C17H25N/c1-12-3-6-14(7-4-12)15-9-10-17-16(11-15)8-5-13(2)18-17/h9-14,18H,3-8H2,1-2H3. The van der Waals surface area contributed by atoms with E-state index in [2.05, 4.69) is 37.4 Å². The molecule has 0 bridgehead atoms. The highest BCUT2D eigenvalue weighted by Gasteiger charge is 2.21. The van der Waals surface area contributed by atoms with Crippen molar-refractivity contribution in [2.24, 2.45) is 5.92 Å². The van der Waals surface area contributed by atoms with Crippen LogP contribution in [0.5, 0.6) is 0 Å². The first kappa shape index (κ1) is 12.1. The van der Waals surface area contributed by atoms with Crippen molar-refractivity contribution in [2.45, 2.75) is 64.3 Å². The fourth-order valence-corrected chi connectivity index (χ4v) is 3.52. The van der Waals surface area contributed by atoms with Gasteiger partial charge < -0.3 is 5.32 Å². The second-order valence-electron chi connectivity index (χ2n) is 6.46. The van der Waals surface area contributed by atoms with Crippen molar-refractivity contribution < 1.29 is 0 Å². The zero-order chi connectivity index (χ0) is 12.5. The fourth-order valence-electron chi connectivity index (χ4n) is 3.52.